The summed E-state index contributed by atoms with van der Waals surface area (Å²) in [5.74, 6) is -3.23. The van der Waals surface area contributed by atoms with E-state index in [1.165, 1.54) is 0 Å². The van der Waals surface area contributed by atoms with Gasteiger partial charge in [-0.25, -0.2) is 8.78 Å². The van der Waals surface area contributed by atoms with Gasteiger partial charge in [0, 0.05) is 12.5 Å². The lowest BCUT2D eigenvalue weighted by Gasteiger charge is -2.21. The van der Waals surface area contributed by atoms with Crippen LogP contribution in [0.25, 0.3) is 0 Å². The fraction of sp³-hybridized carbons (Fsp3) is 0.385. The molecule has 0 radical (unpaired) electrons. The largest absolute Gasteiger partial charge is 0.481 e. The predicted molar refractivity (Wildman–Crippen MR) is 61.3 cm³/mol. The Morgan fingerprint density at radius 1 is 1.22 bits per heavy atom. The van der Waals surface area contributed by atoms with Crippen molar-refractivity contribution < 1.29 is 23.5 Å². The number of carboxylic acids is 1. The van der Waals surface area contributed by atoms with Gasteiger partial charge in [0.05, 0.1) is 12.0 Å². The van der Waals surface area contributed by atoms with Crippen LogP contribution >= 0.6 is 0 Å². The third kappa shape index (κ3) is 3.91. The molecule has 0 amide bonds. The fourth-order valence-electron chi connectivity index (χ4n) is 1.72. The molecule has 3 nitrogen and oxygen atoms in total. The highest BCUT2D eigenvalue weighted by Gasteiger charge is 2.26. The second-order valence-electron chi connectivity index (χ2n) is 4.96. The minimum atomic E-state index is -1.02. The maximum Gasteiger partial charge on any atom is 0.303 e. The molecule has 0 unspecified atom stereocenters. The summed E-state index contributed by atoms with van der Waals surface area (Å²) < 4.78 is 26.1. The molecule has 0 aliphatic heterocycles. The summed E-state index contributed by atoms with van der Waals surface area (Å²) in [6.07, 6.45) is -0.302. The Labute approximate surface area is 103 Å². The van der Waals surface area contributed by atoms with Gasteiger partial charge in [0.25, 0.3) is 0 Å². The first kappa shape index (κ1) is 14.3. The first-order valence-corrected chi connectivity index (χ1v) is 5.41. The average Bonchev–Trinajstić information content (AvgIpc) is 2.13. The van der Waals surface area contributed by atoms with Gasteiger partial charge in [0.1, 0.15) is 11.6 Å². The van der Waals surface area contributed by atoms with E-state index in [0.29, 0.717) is 6.07 Å². The van der Waals surface area contributed by atoms with Gasteiger partial charge >= 0.3 is 5.97 Å². The van der Waals surface area contributed by atoms with Crippen molar-refractivity contribution in [2.24, 2.45) is 5.41 Å². The lowest BCUT2D eigenvalue weighted by atomic mass is 9.82. The third-order valence-corrected chi connectivity index (χ3v) is 2.50. The normalized spacial score (nSPS) is 11.3. The standard InChI is InChI=1S/C13H14F2O3/c1-13(2,7-12(17)18)6-11(16)9-4-3-8(14)5-10(9)15/h3-5H,6-7H2,1-2H3,(H,17,18). The summed E-state index contributed by atoms with van der Waals surface area (Å²) >= 11 is 0. The van der Waals surface area contributed by atoms with Gasteiger partial charge in [-0.05, 0) is 17.5 Å². The number of carboxylic acid groups (broad SMARTS) is 1. The highest BCUT2D eigenvalue weighted by atomic mass is 19.1. The molecule has 0 atom stereocenters. The maximum absolute atomic E-state index is 13.4. The van der Waals surface area contributed by atoms with Crippen LogP contribution in [0, 0.1) is 17.0 Å². The predicted octanol–water partition coefficient (Wildman–Crippen LogP) is 3.04. The van der Waals surface area contributed by atoms with Crippen LogP contribution in [-0.2, 0) is 4.79 Å². The molecule has 0 aliphatic rings. The number of aliphatic carboxylic acids is 1. The number of hydrogen-bond donors (Lipinski definition) is 1. The fourth-order valence-corrected chi connectivity index (χ4v) is 1.72. The number of Topliss-reactive ketones (excluding diaryl/α,β-unsaturated/α-hetero) is 1. The van der Waals surface area contributed by atoms with Crippen LogP contribution in [0.2, 0.25) is 0 Å². The zero-order chi connectivity index (χ0) is 13.9. The summed E-state index contributed by atoms with van der Waals surface area (Å²) in [5, 5.41) is 8.69. The SMILES string of the molecule is CC(C)(CC(=O)O)CC(=O)c1ccc(F)cc1F. The molecular formula is C13H14F2O3. The summed E-state index contributed by atoms with van der Waals surface area (Å²) in [4.78, 5) is 22.4. The minimum Gasteiger partial charge on any atom is -0.481 e. The molecule has 1 aromatic carbocycles. The van der Waals surface area contributed by atoms with E-state index < -0.39 is 28.8 Å². The lowest BCUT2D eigenvalue weighted by Crippen LogP contribution is -2.21. The molecule has 0 aliphatic carbocycles. The molecule has 98 valence electrons. The van der Waals surface area contributed by atoms with E-state index in [0.717, 1.165) is 12.1 Å². The summed E-state index contributed by atoms with van der Waals surface area (Å²) in [6, 6.07) is 2.71. The monoisotopic (exact) mass is 256 g/mol. The van der Waals surface area contributed by atoms with Gasteiger partial charge in [0.2, 0.25) is 0 Å². The van der Waals surface area contributed by atoms with Crippen LogP contribution in [0.4, 0.5) is 8.78 Å². The Morgan fingerprint density at radius 3 is 2.33 bits per heavy atom. The molecule has 0 saturated carbocycles. The molecule has 0 bridgehead atoms. The van der Waals surface area contributed by atoms with Crippen LogP contribution in [0.5, 0.6) is 0 Å². The van der Waals surface area contributed by atoms with Gasteiger partial charge in [-0.15, -0.1) is 0 Å². The molecule has 0 saturated heterocycles. The molecule has 0 heterocycles. The van der Waals surface area contributed by atoms with Crippen molar-refractivity contribution in [1.82, 2.24) is 0 Å². The molecule has 0 spiro atoms. The highest BCUT2D eigenvalue weighted by Crippen LogP contribution is 2.27. The van der Waals surface area contributed by atoms with Crippen molar-refractivity contribution >= 4 is 11.8 Å². The van der Waals surface area contributed by atoms with Crippen LogP contribution < -0.4 is 0 Å². The van der Waals surface area contributed by atoms with E-state index in [9.17, 15) is 18.4 Å². The Balaban J connectivity index is 2.85. The topological polar surface area (TPSA) is 54.4 Å². The average molecular weight is 256 g/mol. The second-order valence-corrected chi connectivity index (χ2v) is 4.96. The Kier molecular flexibility index (Phi) is 4.16. The molecule has 0 aromatic heterocycles. The first-order valence-electron chi connectivity index (χ1n) is 5.41. The number of carbonyl (C=O) groups excluding carboxylic acids is 1. The Morgan fingerprint density at radius 2 is 1.83 bits per heavy atom. The van der Waals surface area contributed by atoms with Crippen LogP contribution in [-0.4, -0.2) is 16.9 Å². The number of carbonyl (C=O) groups is 2. The summed E-state index contributed by atoms with van der Waals surface area (Å²) in [7, 11) is 0. The van der Waals surface area contributed by atoms with E-state index in [2.05, 4.69) is 0 Å². The number of hydrogen-bond acceptors (Lipinski definition) is 2. The van der Waals surface area contributed by atoms with Gasteiger partial charge in [-0.2, -0.15) is 0 Å². The van der Waals surface area contributed by atoms with Gasteiger partial charge in [0.15, 0.2) is 5.78 Å². The summed E-state index contributed by atoms with van der Waals surface area (Å²) in [6.45, 7) is 3.22. The van der Waals surface area contributed by atoms with Gasteiger partial charge in [-0.1, -0.05) is 13.8 Å². The van der Waals surface area contributed by atoms with E-state index in [-0.39, 0.29) is 18.4 Å². The molecule has 18 heavy (non-hydrogen) atoms. The Hall–Kier alpha value is -1.78. The summed E-state index contributed by atoms with van der Waals surface area (Å²) in [5.41, 5.74) is -0.987. The number of rotatable bonds is 5. The zero-order valence-electron chi connectivity index (χ0n) is 10.2. The molecule has 1 rings (SSSR count). The van der Waals surface area contributed by atoms with Crippen LogP contribution in [0.1, 0.15) is 37.0 Å². The van der Waals surface area contributed by atoms with E-state index in [1.54, 1.807) is 13.8 Å². The van der Waals surface area contributed by atoms with E-state index >= 15 is 0 Å². The van der Waals surface area contributed by atoms with Crippen molar-refractivity contribution in [3.05, 3.63) is 35.4 Å². The molecule has 1 N–H and O–H groups in total. The number of ketones is 1. The first-order chi connectivity index (χ1) is 8.21. The van der Waals surface area contributed by atoms with Crippen molar-refractivity contribution in [3.63, 3.8) is 0 Å². The quantitative estimate of drug-likeness (QED) is 0.824. The molecule has 1 aromatic rings. The highest BCUT2D eigenvalue weighted by molar-refractivity contribution is 5.96. The third-order valence-electron chi connectivity index (χ3n) is 2.50. The lowest BCUT2D eigenvalue weighted by molar-refractivity contribution is -0.139. The number of benzene rings is 1. The minimum absolute atomic E-state index is 0.109. The van der Waals surface area contributed by atoms with Gasteiger partial charge in [-0.3, -0.25) is 9.59 Å². The van der Waals surface area contributed by atoms with Crippen molar-refractivity contribution in [2.75, 3.05) is 0 Å². The van der Waals surface area contributed by atoms with Crippen molar-refractivity contribution in [2.45, 2.75) is 26.7 Å². The van der Waals surface area contributed by atoms with Crippen LogP contribution in [0.15, 0.2) is 18.2 Å². The van der Waals surface area contributed by atoms with Crippen molar-refractivity contribution in [1.29, 1.82) is 0 Å². The van der Waals surface area contributed by atoms with E-state index in [4.69, 9.17) is 5.11 Å². The van der Waals surface area contributed by atoms with Crippen molar-refractivity contribution in [3.8, 4) is 0 Å². The van der Waals surface area contributed by atoms with Crippen LogP contribution in [0.3, 0.4) is 0 Å². The molecule has 5 heteroatoms. The second kappa shape index (κ2) is 5.25. The smallest absolute Gasteiger partial charge is 0.303 e. The van der Waals surface area contributed by atoms with E-state index in [1.807, 2.05) is 0 Å². The molecule has 0 fully saturated rings. The number of halogens is 2. The van der Waals surface area contributed by atoms with Gasteiger partial charge < -0.3 is 5.11 Å². The maximum atomic E-state index is 13.4. The molecular weight excluding hydrogens is 242 g/mol. The zero-order valence-corrected chi connectivity index (χ0v) is 10.2. The Bertz CT molecular complexity index is 481.